The van der Waals surface area contributed by atoms with Crippen LogP contribution in [-0.2, 0) is 19.8 Å². The van der Waals surface area contributed by atoms with E-state index in [4.69, 9.17) is 5.11 Å². The van der Waals surface area contributed by atoms with Crippen molar-refractivity contribution < 1.29 is 19.5 Å². The highest BCUT2D eigenvalue weighted by atomic mass is 16.4. The third kappa shape index (κ3) is 7.81. The summed E-state index contributed by atoms with van der Waals surface area (Å²) in [5, 5.41) is 18.0. The smallest absolute Gasteiger partial charge is 0.317 e. The van der Waals surface area contributed by atoms with Crippen LogP contribution in [-0.4, -0.2) is 73.1 Å². The van der Waals surface area contributed by atoms with Gasteiger partial charge < -0.3 is 26.0 Å². The summed E-state index contributed by atoms with van der Waals surface area (Å²) in [7, 11) is 3.46. The molecule has 1 aromatic carbocycles. The van der Waals surface area contributed by atoms with Gasteiger partial charge in [-0.3, -0.25) is 14.4 Å². The molecule has 1 aromatic rings. The van der Waals surface area contributed by atoms with E-state index in [1.54, 1.807) is 19.0 Å². The number of carboxylic acids is 1. The zero-order chi connectivity index (χ0) is 26.3. The second-order valence-electron chi connectivity index (χ2n) is 10.9. The molecule has 192 valence electrons. The molecule has 0 saturated carbocycles. The number of nitrogens with one attached hydrogen (secondary N) is 3. The molecule has 0 aliphatic heterocycles. The molecule has 0 saturated heterocycles. The molecule has 2 amide bonds. The number of hydrogen-bond donors (Lipinski definition) is 4. The summed E-state index contributed by atoms with van der Waals surface area (Å²) in [5.74, 6) is -1.31. The highest BCUT2D eigenvalue weighted by molar-refractivity contribution is 5.91. The summed E-state index contributed by atoms with van der Waals surface area (Å²) in [6, 6.07) is 8.28. The van der Waals surface area contributed by atoms with Gasteiger partial charge in [-0.15, -0.1) is 0 Å². The average molecular weight is 477 g/mol. The molecule has 0 aliphatic rings. The van der Waals surface area contributed by atoms with Gasteiger partial charge in [-0.1, -0.05) is 78.8 Å². The molecular weight excluding hydrogens is 432 g/mol. The van der Waals surface area contributed by atoms with E-state index in [-0.39, 0.29) is 30.3 Å². The van der Waals surface area contributed by atoms with Gasteiger partial charge in [-0.05, 0) is 23.9 Å². The Bertz CT molecular complexity index is 818. The normalized spacial score (nSPS) is 14.9. The summed E-state index contributed by atoms with van der Waals surface area (Å²) < 4.78 is 0. The van der Waals surface area contributed by atoms with E-state index in [1.165, 1.54) is 0 Å². The molecule has 8 nitrogen and oxygen atoms in total. The lowest BCUT2D eigenvalue weighted by Gasteiger charge is -2.40. The van der Waals surface area contributed by atoms with Gasteiger partial charge in [0, 0.05) is 25.0 Å². The summed E-state index contributed by atoms with van der Waals surface area (Å²) in [4.78, 5) is 39.7. The maximum absolute atomic E-state index is 13.6. The minimum Gasteiger partial charge on any atom is -0.480 e. The lowest BCUT2D eigenvalue weighted by Crippen LogP contribution is -2.62. The third-order valence-electron chi connectivity index (χ3n) is 6.43. The van der Waals surface area contributed by atoms with Crippen LogP contribution in [0.3, 0.4) is 0 Å². The molecule has 34 heavy (non-hydrogen) atoms. The molecule has 0 bridgehead atoms. The number of benzene rings is 1. The van der Waals surface area contributed by atoms with E-state index >= 15 is 0 Å². The van der Waals surface area contributed by atoms with Gasteiger partial charge in [0.05, 0.1) is 12.6 Å². The second kappa shape index (κ2) is 12.3. The lowest BCUT2D eigenvalue weighted by molar-refractivity contribution is -0.141. The lowest BCUT2D eigenvalue weighted by atomic mass is 9.76. The first-order valence-electron chi connectivity index (χ1n) is 11.9. The van der Waals surface area contributed by atoms with E-state index in [9.17, 15) is 14.4 Å². The maximum Gasteiger partial charge on any atom is 0.317 e. The molecule has 0 heterocycles. The van der Waals surface area contributed by atoms with Crippen molar-refractivity contribution in [1.29, 1.82) is 0 Å². The van der Waals surface area contributed by atoms with Gasteiger partial charge in [0.25, 0.3) is 0 Å². The van der Waals surface area contributed by atoms with Crippen molar-refractivity contribution in [2.75, 3.05) is 27.2 Å². The van der Waals surface area contributed by atoms with Crippen molar-refractivity contribution in [3.05, 3.63) is 35.9 Å². The van der Waals surface area contributed by atoms with Crippen molar-refractivity contribution >= 4 is 17.8 Å². The van der Waals surface area contributed by atoms with Gasteiger partial charge in [0.1, 0.15) is 6.04 Å². The minimum absolute atomic E-state index is 0.0913. The monoisotopic (exact) mass is 476 g/mol. The number of aliphatic carboxylic acids is 1. The molecule has 3 atom stereocenters. The highest BCUT2D eigenvalue weighted by Gasteiger charge is 2.41. The molecule has 0 radical (unpaired) electrons. The molecule has 0 fully saturated rings. The first-order chi connectivity index (χ1) is 15.6. The van der Waals surface area contributed by atoms with Gasteiger partial charge in [-0.25, -0.2) is 0 Å². The van der Waals surface area contributed by atoms with Gasteiger partial charge >= 0.3 is 5.97 Å². The van der Waals surface area contributed by atoms with Crippen molar-refractivity contribution in [2.45, 2.75) is 72.0 Å². The Hall–Kier alpha value is -2.45. The number of nitrogens with zero attached hydrogens (tertiary/aromatic N) is 1. The number of carbonyl (C=O) groups is 3. The van der Waals surface area contributed by atoms with Crippen LogP contribution in [0, 0.1) is 11.3 Å². The van der Waals surface area contributed by atoms with Crippen molar-refractivity contribution in [1.82, 2.24) is 20.9 Å². The number of carbonyl (C=O) groups excluding carboxylic acids is 2. The molecule has 1 rings (SSSR count). The fraction of sp³-hybridized carbons (Fsp3) is 0.654. The molecular formula is C26H44N4O4. The molecule has 3 unspecified atom stereocenters. The standard InChI is InChI=1S/C26H44N4O4/c1-17(2)19(15-28-16-20(31)32)30(9)24(34)22(25(3,4)5)29-23(33)21(27-8)26(6,7)18-13-11-10-12-14-18/h10-14,17,19,21-22,27-28H,15-16H2,1-9H3,(H,29,33)(H,31,32). The van der Waals surface area contributed by atoms with E-state index in [1.807, 2.05) is 78.8 Å². The molecule has 0 aliphatic carbocycles. The Morgan fingerprint density at radius 2 is 1.56 bits per heavy atom. The van der Waals surface area contributed by atoms with Crippen molar-refractivity contribution in [3.63, 3.8) is 0 Å². The number of likely N-dealkylation sites (N-methyl/N-ethyl adjacent to an activating group) is 2. The minimum atomic E-state index is -0.949. The molecule has 0 aromatic heterocycles. The zero-order valence-electron chi connectivity index (χ0n) is 22.2. The second-order valence-corrected chi connectivity index (χ2v) is 10.9. The van der Waals surface area contributed by atoms with Crippen LogP contribution in [0.5, 0.6) is 0 Å². The quantitative estimate of drug-likeness (QED) is 0.368. The Labute approximate surface area is 204 Å². The predicted octanol–water partition coefficient (Wildman–Crippen LogP) is 2.24. The third-order valence-corrected chi connectivity index (χ3v) is 6.43. The predicted molar refractivity (Wildman–Crippen MR) is 136 cm³/mol. The molecule has 0 spiro atoms. The van der Waals surface area contributed by atoms with Gasteiger partial charge in [0.15, 0.2) is 0 Å². The van der Waals surface area contributed by atoms with Gasteiger partial charge in [-0.2, -0.15) is 0 Å². The van der Waals surface area contributed by atoms with E-state index < -0.39 is 28.9 Å². The first-order valence-corrected chi connectivity index (χ1v) is 11.9. The van der Waals surface area contributed by atoms with Crippen LogP contribution in [0.4, 0.5) is 0 Å². The highest BCUT2D eigenvalue weighted by Crippen LogP contribution is 2.28. The number of amides is 2. The molecule has 4 N–H and O–H groups in total. The van der Waals surface area contributed by atoms with Gasteiger partial charge in [0.2, 0.25) is 11.8 Å². The van der Waals surface area contributed by atoms with Crippen LogP contribution in [0.1, 0.15) is 54.0 Å². The fourth-order valence-corrected chi connectivity index (χ4v) is 4.24. The van der Waals surface area contributed by atoms with Crippen molar-refractivity contribution in [3.8, 4) is 0 Å². The van der Waals surface area contributed by atoms with Crippen LogP contribution >= 0.6 is 0 Å². The average Bonchev–Trinajstić information content (AvgIpc) is 2.73. The van der Waals surface area contributed by atoms with E-state index in [2.05, 4.69) is 16.0 Å². The fourth-order valence-electron chi connectivity index (χ4n) is 4.24. The van der Waals surface area contributed by atoms with E-state index in [0.29, 0.717) is 6.54 Å². The number of hydrogen-bond acceptors (Lipinski definition) is 5. The Kier molecular flexibility index (Phi) is 10.7. The van der Waals surface area contributed by atoms with Crippen LogP contribution in [0.2, 0.25) is 0 Å². The Balaban J connectivity index is 3.15. The van der Waals surface area contributed by atoms with Crippen LogP contribution in [0.25, 0.3) is 0 Å². The maximum atomic E-state index is 13.6. The zero-order valence-corrected chi connectivity index (χ0v) is 22.2. The van der Waals surface area contributed by atoms with Crippen LogP contribution < -0.4 is 16.0 Å². The summed E-state index contributed by atoms with van der Waals surface area (Å²) in [6.45, 7) is 13.9. The largest absolute Gasteiger partial charge is 0.480 e. The summed E-state index contributed by atoms with van der Waals surface area (Å²) in [6.07, 6.45) is 0. The van der Waals surface area contributed by atoms with Crippen LogP contribution in [0.15, 0.2) is 30.3 Å². The molecule has 8 heteroatoms. The van der Waals surface area contributed by atoms with E-state index in [0.717, 1.165) is 5.56 Å². The first kappa shape index (κ1) is 29.6. The SMILES string of the molecule is CNC(C(=O)NC(C(=O)N(C)C(CNCC(=O)O)C(C)C)C(C)(C)C)C(C)(C)c1ccccc1. The Morgan fingerprint density at radius 1 is 1.00 bits per heavy atom. The Morgan fingerprint density at radius 3 is 2.00 bits per heavy atom. The number of rotatable bonds is 12. The number of carboxylic acid groups (broad SMARTS) is 1. The summed E-state index contributed by atoms with van der Waals surface area (Å²) >= 11 is 0. The van der Waals surface area contributed by atoms with Crippen molar-refractivity contribution in [2.24, 2.45) is 11.3 Å². The summed E-state index contributed by atoms with van der Waals surface area (Å²) in [5.41, 5.74) is -0.0325. The topological polar surface area (TPSA) is 111 Å².